The number of nitrogen functional groups attached to an aromatic ring is 1. The molecule has 5 heteroatoms. The largest absolute Gasteiger partial charge is 0.399 e. The molecule has 4 nitrogen and oxygen atoms in total. The molecule has 0 atom stereocenters. The Morgan fingerprint density at radius 1 is 1.24 bits per heavy atom. The van der Waals surface area contributed by atoms with E-state index in [4.69, 9.17) is 5.73 Å². The van der Waals surface area contributed by atoms with Crippen LogP contribution in [-0.2, 0) is 11.3 Å². The molecule has 1 amide bonds. The molecule has 0 unspecified atom stereocenters. The summed E-state index contributed by atoms with van der Waals surface area (Å²) in [6, 6.07) is 8.47. The molecule has 2 fully saturated rings. The number of anilines is 1. The normalized spacial score (nSPS) is 19.8. The summed E-state index contributed by atoms with van der Waals surface area (Å²) < 4.78 is 0. The number of nitrogens with one attached hydrogen (secondary N) is 1. The van der Waals surface area contributed by atoms with Gasteiger partial charge >= 0.3 is 0 Å². The zero-order valence-corrected chi connectivity index (χ0v) is 13.1. The van der Waals surface area contributed by atoms with Crippen LogP contribution in [0.5, 0.6) is 0 Å². The highest BCUT2D eigenvalue weighted by Crippen LogP contribution is 2.29. The summed E-state index contributed by atoms with van der Waals surface area (Å²) in [4.78, 5) is 14.2. The van der Waals surface area contributed by atoms with Crippen molar-refractivity contribution in [2.24, 2.45) is 5.92 Å². The number of likely N-dealkylation sites (tertiary alicyclic amines) is 1. The van der Waals surface area contributed by atoms with Crippen LogP contribution in [0.3, 0.4) is 0 Å². The van der Waals surface area contributed by atoms with Crippen LogP contribution in [0.1, 0.15) is 31.2 Å². The summed E-state index contributed by atoms with van der Waals surface area (Å²) >= 11 is 0. The van der Waals surface area contributed by atoms with Gasteiger partial charge < -0.3 is 11.1 Å². The molecule has 1 saturated heterocycles. The van der Waals surface area contributed by atoms with Crippen molar-refractivity contribution in [3.63, 3.8) is 0 Å². The number of amides is 1. The monoisotopic (exact) mass is 309 g/mol. The van der Waals surface area contributed by atoms with Crippen molar-refractivity contribution in [1.29, 1.82) is 0 Å². The smallest absolute Gasteiger partial charge is 0.223 e. The van der Waals surface area contributed by atoms with E-state index in [2.05, 4.69) is 16.3 Å². The first-order valence-electron chi connectivity index (χ1n) is 7.58. The maximum Gasteiger partial charge on any atom is 0.223 e. The highest BCUT2D eigenvalue weighted by molar-refractivity contribution is 5.85. The number of halogens is 1. The number of benzene rings is 1. The number of nitrogens with two attached hydrogens (primary N) is 1. The molecule has 1 saturated carbocycles. The fourth-order valence-electron chi connectivity index (χ4n) is 2.85. The van der Waals surface area contributed by atoms with Crippen LogP contribution in [-0.4, -0.2) is 29.9 Å². The Kier molecular flexibility index (Phi) is 5.48. The third kappa shape index (κ3) is 4.61. The Bertz CT molecular complexity index is 482. The van der Waals surface area contributed by atoms with E-state index in [0.29, 0.717) is 12.0 Å². The molecular formula is C16H24ClN3O. The number of hydrogen-bond acceptors (Lipinski definition) is 3. The van der Waals surface area contributed by atoms with Gasteiger partial charge in [0, 0.05) is 37.3 Å². The lowest BCUT2D eigenvalue weighted by atomic mass is 10.0. The van der Waals surface area contributed by atoms with E-state index in [1.54, 1.807) is 0 Å². The molecule has 1 aliphatic carbocycles. The van der Waals surface area contributed by atoms with Gasteiger partial charge in [0.05, 0.1) is 0 Å². The molecule has 1 heterocycles. The maximum absolute atomic E-state index is 11.7. The van der Waals surface area contributed by atoms with Gasteiger partial charge in [-0.2, -0.15) is 0 Å². The number of piperidine rings is 1. The van der Waals surface area contributed by atoms with E-state index in [-0.39, 0.29) is 18.3 Å². The second kappa shape index (κ2) is 7.14. The average Bonchev–Trinajstić information content (AvgIpc) is 3.25. The van der Waals surface area contributed by atoms with Gasteiger partial charge in [-0.15, -0.1) is 12.4 Å². The molecule has 3 rings (SSSR count). The Balaban J connectivity index is 0.00000161. The lowest BCUT2D eigenvalue weighted by Crippen LogP contribution is -2.44. The first kappa shape index (κ1) is 16.1. The highest BCUT2D eigenvalue weighted by atomic mass is 35.5. The van der Waals surface area contributed by atoms with Gasteiger partial charge in [0.2, 0.25) is 5.91 Å². The topological polar surface area (TPSA) is 58.4 Å². The second-order valence-electron chi connectivity index (χ2n) is 6.08. The van der Waals surface area contributed by atoms with Gasteiger partial charge in [0.15, 0.2) is 0 Å². The summed E-state index contributed by atoms with van der Waals surface area (Å²) in [5, 5.41) is 3.19. The molecule has 1 aromatic rings. The Morgan fingerprint density at radius 3 is 2.57 bits per heavy atom. The van der Waals surface area contributed by atoms with Gasteiger partial charge in [0.1, 0.15) is 0 Å². The van der Waals surface area contributed by atoms with Crippen LogP contribution >= 0.6 is 12.4 Å². The van der Waals surface area contributed by atoms with Crippen LogP contribution in [0.15, 0.2) is 24.3 Å². The van der Waals surface area contributed by atoms with Gasteiger partial charge in [-0.25, -0.2) is 0 Å². The third-order valence-corrected chi connectivity index (χ3v) is 4.24. The van der Waals surface area contributed by atoms with Crippen LogP contribution in [0.4, 0.5) is 5.69 Å². The standard InChI is InChI=1S/C16H23N3O.ClH/c17-14-3-1-2-12(10-14)11-19-8-6-15(7-9-19)18-16(20)13-4-5-13;/h1-3,10,13,15H,4-9,11,17H2,(H,18,20);1H. The highest BCUT2D eigenvalue weighted by Gasteiger charge is 2.31. The average molecular weight is 310 g/mol. The Labute approximate surface area is 132 Å². The molecule has 0 aromatic heterocycles. The fourth-order valence-corrected chi connectivity index (χ4v) is 2.85. The van der Waals surface area contributed by atoms with Crippen molar-refractivity contribution in [2.75, 3.05) is 18.8 Å². The van der Waals surface area contributed by atoms with Crippen molar-refractivity contribution in [3.8, 4) is 0 Å². The summed E-state index contributed by atoms with van der Waals surface area (Å²) in [5.41, 5.74) is 7.91. The van der Waals surface area contributed by atoms with E-state index in [0.717, 1.165) is 51.0 Å². The minimum Gasteiger partial charge on any atom is -0.399 e. The molecule has 1 aromatic carbocycles. The summed E-state index contributed by atoms with van der Waals surface area (Å²) in [5.74, 6) is 0.597. The fraction of sp³-hybridized carbons (Fsp3) is 0.562. The number of rotatable bonds is 4. The van der Waals surface area contributed by atoms with E-state index in [9.17, 15) is 4.79 Å². The molecule has 2 aliphatic rings. The Morgan fingerprint density at radius 2 is 1.95 bits per heavy atom. The third-order valence-electron chi connectivity index (χ3n) is 4.24. The lowest BCUT2D eigenvalue weighted by Gasteiger charge is -2.32. The van der Waals surface area contributed by atoms with Crippen molar-refractivity contribution in [2.45, 2.75) is 38.3 Å². The summed E-state index contributed by atoms with van der Waals surface area (Å²) in [6.07, 6.45) is 4.28. The van der Waals surface area contributed by atoms with Gasteiger partial charge in [-0.3, -0.25) is 9.69 Å². The summed E-state index contributed by atoms with van der Waals surface area (Å²) in [6.45, 7) is 3.04. The first-order valence-corrected chi connectivity index (χ1v) is 7.58. The molecule has 0 bridgehead atoms. The molecule has 3 N–H and O–H groups in total. The van der Waals surface area contributed by atoms with Crippen molar-refractivity contribution >= 4 is 24.0 Å². The molecule has 0 spiro atoms. The van der Waals surface area contributed by atoms with Gasteiger partial charge in [-0.1, -0.05) is 12.1 Å². The van der Waals surface area contributed by atoms with Crippen LogP contribution in [0.2, 0.25) is 0 Å². The van der Waals surface area contributed by atoms with Crippen molar-refractivity contribution in [1.82, 2.24) is 10.2 Å². The van der Waals surface area contributed by atoms with E-state index in [1.165, 1.54) is 5.56 Å². The minimum atomic E-state index is 0. The van der Waals surface area contributed by atoms with E-state index < -0.39 is 0 Å². The Hall–Kier alpha value is -1.26. The van der Waals surface area contributed by atoms with Crippen molar-refractivity contribution < 1.29 is 4.79 Å². The number of carbonyl (C=O) groups excluding carboxylic acids is 1. The zero-order chi connectivity index (χ0) is 13.9. The van der Waals surface area contributed by atoms with E-state index in [1.807, 2.05) is 18.2 Å². The van der Waals surface area contributed by atoms with E-state index >= 15 is 0 Å². The first-order chi connectivity index (χ1) is 9.70. The van der Waals surface area contributed by atoms with Crippen LogP contribution < -0.4 is 11.1 Å². The van der Waals surface area contributed by atoms with Crippen LogP contribution in [0, 0.1) is 5.92 Å². The molecule has 21 heavy (non-hydrogen) atoms. The molecular weight excluding hydrogens is 286 g/mol. The molecule has 1 aliphatic heterocycles. The zero-order valence-electron chi connectivity index (χ0n) is 12.3. The predicted molar refractivity (Wildman–Crippen MR) is 87.3 cm³/mol. The van der Waals surface area contributed by atoms with Crippen molar-refractivity contribution in [3.05, 3.63) is 29.8 Å². The number of nitrogens with zero attached hydrogens (tertiary/aromatic N) is 1. The number of hydrogen-bond donors (Lipinski definition) is 2. The maximum atomic E-state index is 11.7. The number of carbonyl (C=O) groups is 1. The summed E-state index contributed by atoms with van der Waals surface area (Å²) in [7, 11) is 0. The quantitative estimate of drug-likeness (QED) is 0.838. The lowest BCUT2D eigenvalue weighted by molar-refractivity contribution is -0.123. The van der Waals surface area contributed by atoms with Crippen LogP contribution in [0.25, 0.3) is 0 Å². The molecule has 116 valence electrons. The molecule has 0 radical (unpaired) electrons. The van der Waals surface area contributed by atoms with Gasteiger partial charge in [0.25, 0.3) is 0 Å². The second-order valence-corrected chi connectivity index (χ2v) is 6.08. The predicted octanol–water partition coefficient (Wildman–Crippen LogP) is 2.18. The SMILES string of the molecule is Cl.Nc1cccc(CN2CCC(NC(=O)C3CC3)CC2)c1. The van der Waals surface area contributed by atoms with Gasteiger partial charge in [-0.05, 0) is 43.4 Å². The minimum absolute atomic E-state index is 0.